The number of rotatable bonds is 3. The lowest BCUT2D eigenvalue weighted by atomic mass is 10.3. The van der Waals surface area contributed by atoms with E-state index in [4.69, 9.17) is 9.79 Å². The molecule has 7 heteroatoms. The number of hydrogen-bond acceptors (Lipinski definition) is 4. The van der Waals surface area contributed by atoms with E-state index in [9.17, 15) is 4.57 Å². The first-order chi connectivity index (χ1) is 9.51. The number of pyridine rings is 1. The van der Waals surface area contributed by atoms with Crippen LogP contribution in [-0.2, 0) is 10.7 Å². The van der Waals surface area contributed by atoms with E-state index < -0.39 is 7.60 Å². The van der Waals surface area contributed by atoms with Crippen molar-refractivity contribution in [3.8, 4) is 10.7 Å². The second-order valence-electron chi connectivity index (χ2n) is 4.36. The molecule has 0 bridgehead atoms. The van der Waals surface area contributed by atoms with E-state index in [1.165, 1.54) is 6.20 Å². The molecule has 0 fully saturated rings. The number of benzene rings is 1. The van der Waals surface area contributed by atoms with Gasteiger partial charge in [-0.1, -0.05) is 18.2 Å². The molecule has 0 spiro atoms. The standard InChI is InChI=1S/C13H11N2O3PS/c16-19(17,18)8-9-5-6-11(14-7-9)13-15-10-3-1-2-4-12(10)20-13/h1-7H,8H2,(H2,16,17,18). The van der Waals surface area contributed by atoms with E-state index in [0.29, 0.717) is 11.3 Å². The second-order valence-corrected chi connectivity index (χ2v) is 7.04. The van der Waals surface area contributed by atoms with Crippen LogP contribution in [0, 0.1) is 0 Å². The van der Waals surface area contributed by atoms with Crippen molar-refractivity contribution in [1.82, 2.24) is 9.97 Å². The van der Waals surface area contributed by atoms with Crippen molar-refractivity contribution in [2.24, 2.45) is 0 Å². The van der Waals surface area contributed by atoms with Crippen molar-refractivity contribution < 1.29 is 14.4 Å². The molecule has 3 aromatic rings. The summed E-state index contributed by atoms with van der Waals surface area (Å²) < 4.78 is 12.0. The average Bonchev–Trinajstić information content (AvgIpc) is 2.81. The average molecular weight is 306 g/mol. The molecule has 0 aliphatic carbocycles. The summed E-state index contributed by atoms with van der Waals surface area (Å²) >= 11 is 1.54. The van der Waals surface area contributed by atoms with Gasteiger partial charge in [-0.25, -0.2) is 4.98 Å². The maximum atomic E-state index is 10.9. The molecule has 2 heterocycles. The normalized spacial score (nSPS) is 11.9. The molecule has 0 aliphatic heterocycles. The summed E-state index contributed by atoms with van der Waals surface area (Å²) in [6.07, 6.45) is 1.20. The molecule has 0 saturated heterocycles. The zero-order valence-electron chi connectivity index (χ0n) is 10.3. The minimum Gasteiger partial charge on any atom is -0.324 e. The summed E-state index contributed by atoms with van der Waals surface area (Å²) in [5.74, 6) is 0. The van der Waals surface area contributed by atoms with Crippen LogP contribution in [0.4, 0.5) is 0 Å². The van der Waals surface area contributed by atoms with Crippen LogP contribution in [0.15, 0.2) is 42.6 Å². The third kappa shape index (κ3) is 2.94. The van der Waals surface area contributed by atoms with Gasteiger partial charge in [-0.15, -0.1) is 11.3 Å². The highest BCUT2D eigenvalue weighted by molar-refractivity contribution is 7.50. The second kappa shape index (κ2) is 5.07. The Balaban J connectivity index is 1.92. The molecule has 3 rings (SSSR count). The van der Waals surface area contributed by atoms with Crippen LogP contribution >= 0.6 is 18.9 Å². The van der Waals surface area contributed by atoms with Crippen molar-refractivity contribution in [3.63, 3.8) is 0 Å². The minimum absolute atomic E-state index is 0.292. The summed E-state index contributed by atoms with van der Waals surface area (Å²) in [4.78, 5) is 26.6. The van der Waals surface area contributed by atoms with Crippen LogP contribution < -0.4 is 0 Å². The maximum absolute atomic E-state index is 10.9. The summed E-state index contributed by atoms with van der Waals surface area (Å²) in [5, 5.41) is 0.800. The molecule has 1 aromatic carbocycles. The SMILES string of the molecule is O=P(O)(O)Cc1ccc(-c2nc3ccccc3s2)nc1. The number of thiazole rings is 1. The van der Waals surface area contributed by atoms with Gasteiger partial charge in [0.15, 0.2) is 0 Å². The van der Waals surface area contributed by atoms with Gasteiger partial charge in [0.05, 0.1) is 22.1 Å². The van der Waals surface area contributed by atoms with E-state index in [-0.39, 0.29) is 6.16 Å². The molecule has 0 unspecified atom stereocenters. The van der Waals surface area contributed by atoms with Gasteiger partial charge in [0.25, 0.3) is 0 Å². The monoisotopic (exact) mass is 306 g/mol. The van der Waals surface area contributed by atoms with E-state index >= 15 is 0 Å². The van der Waals surface area contributed by atoms with E-state index in [1.807, 2.05) is 24.3 Å². The van der Waals surface area contributed by atoms with Gasteiger partial charge in [-0.05, 0) is 23.8 Å². The van der Waals surface area contributed by atoms with Crippen LogP contribution in [0.3, 0.4) is 0 Å². The fourth-order valence-corrected chi connectivity index (χ4v) is 3.47. The number of para-hydroxylation sites is 1. The molecule has 2 N–H and O–H groups in total. The smallest absolute Gasteiger partial charge is 0.324 e. The quantitative estimate of drug-likeness (QED) is 0.727. The van der Waals surface area contributed by atoms with Crippen molar-refractivity contribution in [2.45, 2.75) is 6.16 Å². The summed E-state index contributed by atoms with van der Waals surface area (Å²) in [6.45, 7) is 0. The van der Waals surface area contributed by atoms with Crippen molar-refractivity contribution in [1.29, 1.82) is 0 Å². The van der Waals surface area contributed by atoms with E-state index in [1.54, 1.807) is 23.5 Å². The van der Waals surface area contributed by atoms with Gasteiger partial charge in [0, 0.05) is 6.20 Å². The third-order valence-corrected chi connectivity index (χ3v) is 4.56. The first-order valence-corrected chi connectivity index (χ1v) is 8.48. The molecule has 0 atom stereocenters. The Labute approximate surface area is 119 Å². The molecule has 2 aromatic heterocycles. The summed E-state index contributed by atoms with van der Waals surface area (Å²) in [6, 6.07) is 11.2. The zero-order chi connectivity index (χ0) is 14.2. The van der Waals surface area contributed by atoms with Crippen LogP contribution in [0.1, 0.15) is 5.56 Å². The molecular weight excluding hydrogens is 295 g/mol. The molecule has 20 heavy (non-hydrogen) atoms. The highest BCUT2D eigenvalue weighted by Crippen LogP contribution is 2.39. The minimum atomic E-state index is -4.05. The van der Waals surface area contributed by atoms with E-state index in [2.05, 4.69) is 9.97 Å². The number of aromatic nitrogens is 2. The number of hydrogen-bond donors (Lipinski definition) is 2. The van der Waals surface area contributed by atoms with Gasteiger partial charge < -0.3 is 9.79 Å². The molecule has 0 amide bonds. The van der Waals surface area contributed by atoms with Crippen LogP contribution in [0.5, 0.6) is 0 Å². The first-order valence-electron chi connectivity index (χ1n) is 5.87. The third-order valence-electron chi connectivity index (χ3n) is 2.73. The Bertz CT molecular complexity index is 762. The zero-order valence-corrected chi connectivity index (χ0v) is 12.0. The van der Waals surface area contributed by atoms with E-state index in [0.717, 1.165) is 15.2 Å². The van der Waals surface area contributed by atoms with Gasteiger partial charge in [-0.2, -0.15) is 0 Å². The Kier molecular flexibility index (Phi) is 3.40. The van der Waals surface area contributed by atoms with Gasteiger partial charge in [0.2, 0.25) is 0 Å². The largest absolute Gasteiger partial charge is 0.329 e. The lowest BCUT2D eigenvalue weighted by Gasteiger charge is -2.03. The lowest BCUT2D eigenvalue weighted by Crippen LogP contribution is -1.89. The lowest BCUT2D eigenvalue weighted by molar-refractivity contribution is 0.371. The van der Waals surface area contributed by atoms with Crippen LogP contribution in [-0.4, -0.2) is 19.8 Å². The van der Waals surface area contributed by atoms with Gasteiger partial charge >= 0.3 is 7.60 Å². The first kappa shape index (κ1) is 13.4. The van der Waals surface area contributed by atoms with Gasteiger partial charge in [-0.3, -0.25) is 9.55 Å². The maximum Gasteiger partial charge on any atom is 0.329 e. The summed E-state index contributed by atoms with van der Waals surface area (Å²) in [5.41, 5.74) is 2.15. The number of fused-ring (bicyclic) bond motifs is 1. The van der Waals surface area contributed by atoms with Crippen LogP contribution in [0.25, 0.3) is 20.9 Å². The Morgan fingerprint density at radius 3 is 2.60 bits per heavy atom. The Morgan fingerprint density at radius 1 is 1.15 bits per heavy atom. The Hall–Kier alpha value is -1.59. The highest BCUT2D eigenvalue weighted by Gasteiger charge is 2.14. The topological polar surface area (TPSA) is 83.3 Å². The number of nitrogens with zero attached hydrogens (tertiary/aromatic N) is 2. The summed E-state index contributed by atoms with van der Waals surface area (Å²) in [7, 11) is -4.05. The van der Waals surface area contributed by atoms with Crippen LogP contribution in [0.2, 0.25) is 0 Å². The molecule has 0 aliphatic rings. The fraction of sp³-hybridized carbons (Fsp3) is 0.0769. The van der Waals surface area contributed by atoms with Crippen molar-refractivity contribution in [3.05, 3.63) is 48.2 Å². The Morgan fingerprint density at radius 2 is 1.95 bits per heavy atom. The molecular formula is C13H11N2O3PS. The van der Waals surface area contributed by atoms with Crippen molar-refractivity contribution in [2.75, 3.05) is 0 Å². The predicted octanol–water partition coefficient (Wildman–Crippen LogP) is 3.04. The fourth-order valence-electron chi connectivity index (χ4n) is 1.86. The predicted molar refractivity (Wildman–Crippen MR) is 78.6 cm³/mol. The van der Waals surface area contributed by atoms with Crippen molar-refractivity contribution >= 4 is 29.1 Å². The molecule has 0 saturated carbocycles. The molecule has 0 radical (unpaired) electrons. The van der Waals surface area contributed by atoms with Gasteiger partial charge in [0.1, 0.15) is 5.01 Å². The highest BCUT2D eigenvalue weighted by atomic mass is 32.1. The molecule has 5 nitrogen and oxygen atoms in total. The molecule has 102 valence electrons.